The molecule has 122 valence electrons. The van der Waals surface area contributed by atoms with Crippen LogP contribution in [0.5, 0.6) is 0 Å². The third kappa shape index (κ3) is 2.65. The van der Waals surface area contributed by atoms with Crippen molar-refractivity contribution in [3.63, 3.8) is 0 Å². The molecule has 2 aromatic heterocycles. The molecule has 2 atom stereocenters. The van der Waals surface area contributed by atoms with Gasteiger partial charge in [-0.2, -0.15) is 4.68 Å². The SMILES string of the molecule is Cc1ccsc1[C@@H]1C[C@H]1C(=O)Nc1ccc(-n2nn[nH]c2=O)cc1. The van der Waals surface area contributed by atoms with E-state index in [9.17, 15) is 9.59 Å². The van der Waals surface area contributed by atoms with Crippen molar-refractivity contribution in [1.29, 1.82) is 0 Å². The molecular formula is C16H15N5O2S. The standard InChI is InChI=1S/C16H15N5O2S/c1-9-6-7-24-14(9)12-8-13(12)15(22)17-10-2-4-11(5-3-10)21-16(23)18-19-20-21/h2-7,12-13H,8H2,1H3,(H,17,22)(H,18,20,23)/t12-,13-/m1/s1. The van der Waals surface area contributed by atoms with Crippen LogP contribution in [-0.4, -0.2) is 26.1 Å². The minimum absolute atomic E-state index is 0.0409. The number of aromatic amines is 1. The number of rotatable bonds is 4. The Bertz CT molecular complexity index is 940. The van der Waals surface area contributed by atoms with E-state index in [1.165, 1.54) is 10.4 Å². The van der Waals surface area contributed by atoms with Crippen molar-refractivity contribution in [2.45, 2.75) is 19.3 Å². The van der Waals surface area contributed by atoms with Gasteiger partial charge in [0.05, 0.1) is 5.69 Å². The molecule has 0 spiro atoms. The highest BCUT2D eigenvalue weighted by atomic mass is 32.1. The molecule has 8 heteroatoms. The van der Waals surface area contributed by atoms with E-state index in [2.05, 4.69) is 39.2 Å². The van der Waals surface area contributed by atoms with Gasteiger partial charge in [-0.25, -0.2) is 9.89 Å². The number of aromatic nitrogens is 4. The van der Waals surface area contributed by atoms with Crippen LogP contribution in [-0.2, 0) is 4.79 Å². The van der Waals surface area contributed by atoms with Crippen molar-refractivity contribution in [3.05, 3.63) is 56.6 Å². The molecule has 7 nitrogen and oxygen atoms in total. The average Bonchev–Trinajstić information content (AvgIpc) is 3.07. The maximum atomic E-state index is 12.4. The summed E-state index contributed by atoms with van der Waals surface area (Å²) in [6.07, 6.45) is 0.902. The van der Waals surface area contributed by atoms with Crippen molar-refractivity contribution >= 4 is 22.9 Å². The topological polar surface area (TPSA) is 92.7 Å². The number of hydrogen-bond acceptors (Lipinski definition) is 5. The van der Waals surface area contributed by atoms with E-state index in [4.69, 9.17) is 0 Å². The van der Waals surface area contributed by atoms with Crippen LogP contribution >= 0.6 is 11.3 Å². The number of benzene rings is 1. The number of thiophene rings is 1. The van der Waals surface area contributed by atoms with Crippen LogP contribution < -0.4 is 11.0 Å². The maximum absolute atomic E-state index is 12.4. The van der Waals surface area contributed by atoms with Gasteiger partial charge in [-0.15, -0.1) is 11.3 Å². The number of amides is 1. The predicted molar refractivity (Wildman–Crippen MR) is 90.5 cm³/mol. The minimum Gasteiger partial charge on any atom is -0.326 e. The monoisotopic (exact) mass is 341 g/mol. The lowest BCUT2D eigenvalue weighted by molar-refractivity contribution is -0.117. The molecule has 0 aliphatic heterocycles. The molecule has 4 rings (SSSR count). The summed E-state index contributed by atoms with van der Waals surface area (Å²) in [4.78, 5) is 25.2. The second-order valence-electron chi connectivity index (χ2n) is 5.87. The van der Waals surface area contributed by atoms with Crippen molar-refractivity contribution in [3.8, 4) is 5.69 Å². The largest absolute Gasteiger partial charge is 0.365 e. The number of anilines is 1. The van der Waals surface area contributed by atoms with Crippen LogP contribution in [0.25, 0.3) is 5.69 Å². The van der Waals surface area contributed by atoms with E-state index >= 15 is 0 Å². The Labute approximate surface area is 141 Å². The molecule has 1 saturated carbocycles. The number of carbonyl (C=O) groups is 1. The molecule has 24 heavy (non-hydrogen) atoms. The van der Waals surface area contributed by atoms with E-state index < -0.39 is 5.69 Å². The molecule has 1 aliphatic carbocycles. The lowest BCUT2D eigenvalue weighted by Gasteiger charge is -2.06. The van der Waals surface area contributed by atoms with Crippen molar-refractivity contribution in [2.24, 2.45) is 5.92 Å². The minimum atomic E-state index is -0.404. The van der Waals surface area contributed by atoms with Gasteiger partial charge in [-0.3, -0.25) is 4.79 Å². The molecule has 1 amide bonds. The second-order valence-corrected chi connectivity index (χ2v) is 6.82. The summed E-state index contributed by atoms with van der Waals surface area (Å²) in [5.74, 6) is 0.428. The summed E-state index contributed by atoms with van der Waals surface area (Å²) in [5.41, 5.74) is 2.15. The van der Waals surface area contributed by atoms with Gasteiger partial charge in [-0.05, 0) is 65.0 Å². The van der Waals surface area contributed by atoms with Crippen LogP contribution in [0.2, 0.25) is 0 Å². The first kappa shape index (κ1) is 14.8. The number of hydrogen-bond donors (Lipinski definition) is 2. The summed E-state index contributed by atoms with van der Waals surface area (Å²) in [6.45, 7) is 2.09. The van der Waals surface area contributed by atoms with Crippen LogP contribution in [0.15, 0.2) is 40.5 Å². The maximum Gasteiger partial charge on any atom is 0.365 e. The number of carbonyl (C=O) groups excluding carboxylic acids is 1. The lowest BCUT2D eigenvalue weighted by atomic mass is 10.2. The molecule has 3 aromatic rings. The normalized spacial score (nSPS) is 19.2. The molecule has 2 N–H and O–H groups in total. The zero-order valence-corrected chi connectivity index (χ0v) is 13.7. The Morgan fingerprint density at radius 2 is 2.12 bits per heavy atom. The first-order valence-electron chi connectivity index (χ1n) is 7.59. The number of tetrazole rings is 1. The molecule has 2 heterocycles. The quantitative estimate of drug-likeness (QED) is 0.760. The number of aryl methyl sites for hydroxylation is 1. The molecule has 0 unspecified atom stereocenters. The molecule has 0 saturated heterocycles. The van der Waals surface area contributed by atoms with Crippen molar-refractivity contribution in [1.82, 2.24) is 20.2 Å². The second kappa shape index (κ2) is 5.72. The number of nitrogens with zero attached hydrogens (tertiary/aromatic N) is 3. The Morgan fingerprint density at radius 1 is 1.33 bits per heavy atom. The average molecular weight is 341 g/mol. The van der Waals surface area contributed by atoms with E-state index in [1.54, 1.807) is 35.6 Å². The number of nitrogens with one attached hydrogen (secondary N) is 2. The molecule has 0 bridgehead atoms. The van der Waals surface area contributed by atoms with Crippen LogP contribution in [0.3, 0.4) is 0 Å². The van der Waals surface area contributed by atoms with Crippen molar-refractivity contribution < 1.29 is 4.79 Å². The smallest absolute Gasteiger partial charge is 0.326 e. The van der Waals surface area contributed by atoms with Crippen LogP contribution in [0.4, 0.5) is 5.69 Å². The van der Waals surface area contributed by atoms with Crippen LogP contribution in [0, 0.1) is 12.8 Å². The fraction of sp³-hybridized carbons (Fsp3) is 0.250. The first-order valence-corrected chi connectivity index (χ1v) is 8.47. The fourth-order valence-corrected chi connectivity index (χ4v) is 3.93. The predicted octanol–water partition coefficient (Wildman–Crippen LogP) is 2.07. The van der Waals surface area contributed by atoms with Gasteiger partial charge in [-0.1, -0.05) is 0 Å². The van der Waals surface area contributed by atoms with Crippen molar-refractivity contribution in [2.75, 3.05) is 5.32 Å². The van der Waals surface area contributed by atoms with Gasteiger partial charge in [0.2, 0.25) is 5.91 Å². The Kier molecular flexibility index (Phi) is 3.53. The van der Waals surface area contributed by atoms with E-state index in [1.807, 2.05) is 0 Å². The fourth-order valence-electron chi connectivity index (χ4n) is 2.83. The lowest BCUT2D eigenvalue weighted by Crippen LogP contribution is -2.17. The molecule has 0 radical (unpaired) electrons. The van der Waals surface area contributed by atoms with Gasteiger partial charge in [0, 0.05) is 22.4 Å². The van der Waals surface area contributed by atoms with Gasteiger partial charge in [0.15, 0.2) is 0 Å². The Hall–Kier alpha value is -2.74. The first-order chi connectivity index (χ1) is 11.6. The molecule has 1 aliphatic rings. The van der Waals surface area contributed by atoms with Crippen LogP contribution in [0.1, 0.15) is 22.8 Å². The zero-order valence-electron chi connectivity index (χ0n) is 12.9. The van der Waals surface area contributed by atoms with Gasteiger partial charge >= 0.3 is 5.69 Å². The van der Waals surface area contributed by atoms with E-state index in [0.29, 0.717) is 17.3 Å². The summed E-state index contributed by atoms with van der Waals surface area (Å²) in [6, 6.07) is 9.03. The third-order valence-corrected chi connectivity index (χ3v) is 5.37. The Balaban J connectivity index is 1.43. The van der Waals surface area contributed by atoms with Gasteiger partial charge in [0.25, 0.3) is 0 Å². The highest BCUT2D eigenvalue weighted by molar-refractivity contribution is 7.10. The highest BCUT2D eigenvalue weighted by Crippen LogP contribution is 2.50. The summed E-state index contributed by atoms with van der Waals surface area (Å²) in [7, 11) is 0. The third-order valence-electron chi connectivity index (χ3n) is 4.22. The Morgan fingerprint density at radius 3 is 2.75 bits per heavy atom. The van der Waals surface area contributed by atoms with E-state index in [0.717, 1.165) is 11.1 Å². The molecular weight excluding hydrogens is 326 g/mol. The highest BCUT2D eigenvalue weighted by Gasteiger charge is 2.45. The summed E-state index contributed by atoms with van der Waals surface area (Å²) < 4.78 is 1.15. The van der Waals surface area contributed by atoms with E-state index in [-0.39, 0.29) is 11.8 Å². The summed E-state index contributed by atoms with van der Waals surface area (Å²) >= 11 is 1.72. The zero-order chi connectivity index (χ0) is 16.7. The van der Waals surface area contributed by atoms with Gasteiger partial charge in [0.1, 0.15) is 0 Å². The molecule has 1 aromatic carbocycles. The number of H-pyrrole nitrogens is 1. The molecule has 1 fully saturated rings. The van der Waals surface area contributed by atoms with Gasteiger partial charge < -0.3 is 5.32 Å². The summed E-state index contributed by atoms with van der Waals surface area (Å²) in [5, 5.41) is 14.4.